The van der Waals surface area contributed by atoms with Gasteiger partial charge in [0.2, 0.25) is 0 Å². The number of nitrogens with zero attached hydrogens (tertiary/aromatic N) is 1. The normalized spacial score (nSPS) is 11.3. The van der Waals surface area contributed by atoms with E-state index in [0.29, 0.717) is 12.0 Å². The Kier molecular flexibility index (Phi) is 5.13. The number of amides is 1. The van der Waals surface area contributed by atoms with Crippen molar-refractivity contribution >= 4 is 5.91 Å². The van der Waals surface area contributed by atoms with Gasteiger partial charge in [-0.25, -0.2) is 0 Å². The van der Waals surface area contributed by atoms with Gasteiger partial charge >= 0.3 is 0 Å². The molecule has 1 unspecified atom stereocenters. The summed E-state index contributed by atoms with van der Waals surface area (Å²) in [6.45, 7) is 1.93. The monoisotopic (exact) mass is 283 g/mol. The highest BCUT2D eigenvalue weighted by Crippen LogP contribution is 2.11. The number of hydrogen-bond acceptors (Lipinski definition) is 3. The fourth-order valence-corrected chi connectivity index (χ4v) is 1.82. The van der Waals surface area contributed by atoms with Gasteiger partial charge in [-0.1, -0.05) is 17.9 Å². The number of rotatable bonds is 4. The van der Waals surface area contributed by atoms with E-state index < -0.39 is 0 Å². The zero-order chi connectivity index (χ0) is 15.1. The van der Waals surface area contributed by atoms with Gasteiger partial charge in [-0.05, 0) is 25.1 Å². The molecule has 0 saturated heterocycles. The third kappa shape index (κ3) is 4.20. The average molecular weight is 283 g/mol. The van der Waals surface area contributed by atoms with Crippen LogP contribution in [0.15, 0.2) is 36.7 Å². The van der Waals surface area contributed by atoms with Gasteiger partial charge in [0.05, 0.1) is 18.8 Å². The third-order valence-electron chi connectivity index (χ3n) is 2.96. The van der Waals surface area contributed by atoms with E-state index in [0.717, 1.165) is 11.1 Å². The molecule has 1 atom stereocenters. The van der Waals surface area contributed by atoms with E-state index in [2.05, 4.69) is 27.4 Å². The molecular formula is C16H17N3O2. The van der Waals surface area contributed by atoms with E-state index in [9.17, 15) is 4.79 Å². The van der Waals surface area contributed by atoms with Crippen LogP contribution in [0.25, 0.3) is 0 Å². The molecule has 5 heteroatoms. The van der Waals surface area contributed by atoms with E-state index in [1.165, 1.54) is 0 Å². The maximum Gasteiger partial charge on any atom is 0.251 e. The lowest BCUT2D eigenvalue weighted by atomic mass is 10.1. The van der Waals surface area contributed by atoms with Crippen molar-refractivity contribution in [3.8, 4) is 11.8 Å². The van der Waals surface area contributed by atoms with Crippen LogP contribution in [-0.4, -0.2) is 27.8 Å². The summed E-state index contributed by atoms with van der Waals surface area (Å²) in [5.74, 6) is 5.60. The van der Waals surface area contributed by atoms with Gasteiger partial charge in [0.1, 0.15) is 0 Å². The number of nitrogens with one attached hydrogen (secondary N) is 2. The molecule has 2 rings (SSSR count). The molecule has 5 nitrogen and oxygen atoms in total. The second-order valence-corrected chi connectivity index (χ2v) is 4.58. The quantitative estimate of drug-likeness (QED) is 0.746. The minimum absolute atomic E-state index is 0.0371. The van der Waals surface area contributed by atoms with Crippen LogP contribution >= 0.6 is 0 Å². The highest BCUT2D eigenvalue weighted by molar-refractivity contribution is 5.94. The molecule has 1 aromatic heterocycles. The van der Waals surface area contributed by atoms with E-state index in [-0.39, 0.29) is 18.6 Å². The van der Waals surface area contributed by atoms with Crippen LogP contribution in [0.1, 0.15) is 40.9 Å². The summed E-state index contributed by atoms with van der Waals surface area (Å²) < 4.78 is 0. The fraction of sp³-hybridized carbons (Fsp3) is 0.250. The average Bonchev–Trinajstić information content (AvgIpc) is 3.02. The summed E-state index contributed by atoms with van der Waals surface area (Å²) in [4.78, 5) is 12.2. The number of H-pyrrole nitrogens is 1. The van der Waals surface area contributed by atoms with Crippen molar-refractivity contribution in [2.24, 2.45) is 0 Å². The molecule has 1 amide bonds. The van der Waals surface area contributed by atoms with Crippen LogP contribution in [-0.2, 0) is 0 Å². The predicted octanol–water partition coefficient (Wildman–Crippen LogP) is 1.63. The van der Waals surface area contributed by atoms with Crippen LogP contribution in [0.2, 0.25) is 0 Å². The van der Waals surface area contributed by atoms with Crippen molar-refractivity contribution in [1.82, 2.24) is 15.5 Å². The van der Waals surface area contributed by atoms with Crippen LogP contribution in [0, 0.1) is 11.8 Å². The van der Waals surface area contributed by atoms with Crippen LogP contribution < -0.4 is 5.32 Å². The lowest BCUT2D eigenvalue weighted by Gasteiger charge is -2.12. The molecule has 1 heterocycles. The fourth-order valence-electron chi connectivity index (χ4n) is 1.82. The van der Waals surface area contributed by atoms with Gasteiger partial charge in [-0.2, -0.15) is 5.10 Å². The summed E-state index contributed by atoms with van der Waals surface area (Å²) in [6.07, 6.45) is 3.86. The zero-order valence-electron chi connectivity index (χ0n) is 11.8. The molecule has 0 fully saturated rings. The summed E-state index contributed by atoms with van der Waals surface area (Å²) in [5.41, 5.74) is 2.23. The molecule has 0 spiro atoms. The first kappa shape index (κ1) is 14.8. The maximum atomic E-state index is 12.2. The molecular weight excluding hydrogens is 266 g/mol. The van der Waals surface area contributed by atoms with Crippen molar-refractivity contribution in [3.63, 3.8) is 0 Å². The van der Waals surface area contributed by atoms with Gasteiger partial charge in [0.15, 0.2) is 0 Å². The Morgan fingerprint density at radius 3 is 3.10 bits per heavy atom. The van der Waals surface area contributed by atoms with E-state index in [4.69, 9.17) is 5.11 Å². The second-order valence-electron chi connectivity index (χ2n) is 4.58. The maximum absolute atomic E-state index is 12.2. The molecule has 21 heavy (non-hydrogen) atoms. The molecule has 0 aliphatic heterocycles. The standard InChI is InChI=1S/C16H17N3O2/c1-12(15-10-17-18-11-15)19-16(21)14-7-4-6-13(9-14)5-2-3-8-20/h4,6-7,9-12,20H,3,8H2,1H3,(H,17,18)(H,19,21). The number of aliphatic hydroxyl groups is 1. The van der Waals surface area contributed by atoms with E-state index in [1.54, 1.807) is 30.6 Å². The summed E-state index contributed by atoms with van der Waals surface area (Å²) in [5, 5.41) is 18.2. The molecule has 108 valence electrons. The number of aliphatic hydroxyl groups excluding tert-OH is 1. The van der Waals surface area contributed by atoms with Crippen LogP contribution in [0.3, 0.4) is 0 Å². The first-order chi connectivity index (χ1) is 10.2. The summed E-state index contributed by atoms with van der Waals surface area (Å²) >= 11 is 0. The zero-order valence-corrected chi connectivity index (χ0v) is 11.8. The summed E-state index contributed by atoms with van der Waals surface area (Å²) in [6, 6.07) is 6.98. The lowest BCUT2D eigenvalue weighted by molar-refractivity contribution is 0.0940. The molecule has 0 aliphatic carbocycles. The predicted molar refractivity (Wildman–Crippen MR) is 79.5 cm³/mol. The SMILES string of the molecule is CC(NC(=O)c1cccc(C#CCCO)c1)c1cn[nH]c1. The van der Waals surface area contributed by atoms with Gasteiger partial charge in [-0.3, -0.25) is 9.89 Å². The highest BCUT2D eigenvalue weighted by Gasteiger charge is 2.12. The number of aromatic amines is 1. The Labute approximate surface area is 123 Å². The molecule has 0 bridgehead atoms. The van der Waals surface area contributed by atoms with Crippen LogP contribution in [0.5, 0.6) is 0 Å². The van der Waals surface area contributed by atoms with Gasteiger partial charge in [0.25, 0.3) is 5.91 Å². The molecule has 0 aliphatic rings. The first-order valence-corrected chi connectivity index (χ1v) is 6.70. The molecule has 0 saturated carbocycles. The van der Waals surface area contributed by atoms with E-state index in [1.807, 2.05) is 13.0 Å². The van der Waals surface area contributed by atoms with Crippen molar-refractivity contribution < 1.29 is 9.90 Å². The molecule has 3 N–H and O–H groups in total. The Balaban J connectivity index is 2.06. The van der Waals surface area contributed by atoms with Crippen LogP contribution in [0.4, 0.5) is 0 Å². The van der Waals surface area contributed by atoms with Crippen molar-refractivity contribution in [1.29, 1.82) is 0 Å². The van der Waals surface area contributed by atoms with Gasteiger partial charge < -0.3 is 10.4 Å². The number of aromatic nitrogens is 2. The minimum Gasteiger partial charge on any atom is -0.395 e. The van der Waals surface area contributed by atoms with Crippen molar-refractivity contribution in [2.45, 2.75) is 19.4 Å². The Hall–Kier alpha value is -2.58. The van der Waals surface area contributed by atoms with Crippen molar-refractivity contribution in [3.05, 3.63) is 53.3 Å². The number of carbonyl (C=O) groups is 1. The highest BCUT2D eigenvalue weighted by atomic mass is 16.2. The van der Waals surface area contributed by atoms with Crippen molar-refractivity contribution in [2.75, 3.05) is 6.61 Å². The Bertz CT molecular complexity index is 654. The second kappa shape index (κ2) is 7.27. The first-order valence-electron chi connectivity index (χ1n) is 6.70. The molecule has 0 radical (unpaired) electrons. The lowest BCUT2D eigenvalue weighted by Crippen LogP contribution is -2.26. The molecule has 2 aromatic rings. The smallest absolute Gasteiger partial charge is 0.251 e. The van der Waals surface area contributed by atoms with E-state index >= 15 is 0 Å². The minimum atomic E-state index is -0.158. The summed E-state index contributed by atoms with van der Waals surface area (Å²) in [7, 11) is 0. The van der Waals surface area contributed by atoms with Gasteiger partial charge in [-0.15, -0.1) is 0 Å². The number of hydrogen-bond donors (Lipinski definition) is 3. The Morgan fingerprint density at radius 1 is 1.52 bits per heavy atom. The topological polar surface area (TPSA) is 78.0 Å². The molecule has 1 aromatic carbocycles. The van der Waals surface area contributed by atoms with Gasteiger partial charge in [0, 0.05) is 29.3 Å². The number of benzene rings is 1. The Morgan fingerprint density at radius 2 is 2.38 bits per heavy atom. The largest absolute Gasteiger partial charge is 0.395 e. The number of carbonyl (C=O) groups excluding carboxylic acids is 1. The third-order valence-corrected chi connectivity index (χ3v) is 2.96.